The SMILES string of the molecule is CC(CNC(C)c1ccc(F)cc1)c1ccccc1. The zero-order valence-corrected chi connectivity index (χ0v) is 11.4. The lowest BCUT2D eigenvalue weighted by atomic mass is 10.0. The van der Waals surface area contributed by atoms with Crippen LogP contribution in [0.4, 0.5) is 4.39 Å². The van der Waals surface area contributed by atoms with E-state index in [-0.39, 0.29) is 11.9 Å². The molecule has 1 nitrogen and oxygen atoms in total. The summed E-state index contributed by atoms with van der Waals surface area (Å²) in [7, 11) is 0. The second-order valence-corrected chi connectivity index (χ2v) is 4.99. The van der Waals surface area contributed by atoms with Crippen molar-refractivity contribution >= 4 is 0 Å². The monoisotopic (exact) mass is 257 g/mol. The van der Waals surface area contributed by atoms with Crippen molar-refractivity contribution in [2.75, 3.05) is 6.54 Å². The maximum absolute atomic E-state index is 12.9. The molecule has 2 rings (SSSR count). The predicted octanol–water partition coefficient (Wildman–Crippen LogP) is 4.28. The van der Waals surface area contributed by atoms with E-state index in [4.69, 9.17) is 0 Å². The van der Waals surface area contributed by atoms with Gasteiger partial charge in [0.25, 0.3) is 0 Å². The minimum absolute atomic E-state index is 0.186. The van der Waals surface area contributed by atoms with Crippen LogP contribution in [0.25, 0.3) is 0 Å². The fourth-order valence-corrected chi connectivity index (χ4v) is 2.12. The topological polar surface area (TPSA) is 12.0 Å². The molecule has 1 N–H and O–H groups in total. The number of benzene rings is 2. The Morgan fingerprint density at radius 3 is 2.16 bits per heavy atom. The summed E-state index contributed by atoms with van der Waals surface area (Å²) in [4.78, 5) is 0. The van der Waals surface area contributed by atoms with E-state index in [0.29, 0.717) is 5.92 Å². The normalized spacial score (nSPS) is 14.1. The van der Waals surface area contributed by atoms with Crippen molar-refractivity contribution in [3.05, 3.63) is 71.5 Å². The average Bonchev–Trinajstić information content (AvgIpc) is 2.46. The van der Waals surface area contributed by atoms with Gasteiger partial charge < -0.3 is 5.32 Å². The first-order valence-electron chi connectivity index (χ1n) is 6.70. The van der Waals surface area contributed by atoms with Crippen molar-refractivity contribution in [1.29, 1.82) is 0 Å². The average molecular weight is 257 g/mol. The molecule has 2 atom stereocenters. The van der Waals surface area contributed by atoms with Gasteiger partial charge in [0.15, 0.2) is 0 Å². The molecule has 0 spiro atoms. The molecule has 0 saturated heterocycles. The molecule has 19 heavy (non-hydrogen) atoms. The Balaban J connectivity index is 1.90. The molecule has 100 valence electrons. The molecule has 0 amide bonds. The molecule has 2 unspecified atom stereocenters. The van der Waals surface area contributed by atoms with E-state index in [1.165, 1.54) is 17.7 Å². The smallest absolute Gasteiger partial charge is 0.123 e. The van der Waals surface area contributed by atoms with Gasteiger partial charge in [0.2, 0.25) is 0 Å². The fourth-order valence-electron chi connectivity index (χ4n) is 2.12. The Kier molecular flexibility index (Phi) is 4.69. The molecule has 0 heterocycles. The van der Waals surface area contributed by atoms with Gasteiger partial charge in [-0.2, -0.15) is 0 Å². The predicted molar refractivity (Wildman–Crippen MR) is 77.7 cm³/mol. The molecule has 2 heteroatoms. The molecule has 0 aliphatic carbocycles. The highest BCUT2D eigenvalue weighted by atomic mass is 19.1. The highest BCUT2D eigenvalue weighted by molar-refractivity contribution is 5.21. The van der Waals surface area contributed by atoms with E-state index in [9.17, 15) is 4.39 Å². The second kappa shape index (κ2) is 6.48. The summed E-state index contributed by atoms with van der Waals surface area (Å²) in [5.74, 6) is 0.276. The van der Waals surface area contributed by atoms with Crippen LogP contribution in [0.5, 0.6) is 0 Å². The van der Waals surface area contributed by atoms with Gasteiger partial charge in [-0.15, -0.1) is 0 Å². The Labute approximate surface area is 114 Å². The van der Waals surface area contributed by atoms with Crippen LogP contribution in [0.15, 0.2) is 54.6 Å². The van der Waals surface area contributed by atoms with Gasteiger partial charge in [-0.05, 0) is 36.1 Å². The van der Waals surface area contributed by atoms with Gasteiger partial charge in [0, 0.05) is 12.6 Å². The van der Waals surface area contributed by atoms with Gasteiger partial charge in [-0.1, -0.05) is 49.4 Å². The van der Waals surface area contributed by atoms with E-state index >= 15 is 0 Å². The highest BCUT2D eigenvalue weighted by Crippen LogP contribution is 2.17. The Morgan fingerprint density at radius 1 is 0.895 bits per heavy atom. The van der Waals surface area contributed by atoms with Gasteiger partial charge in [0.05, 0.1) is 0 Å². The first kappa shape index (κ1) is 13.8. The molecule has 0 fully saturated rings. The summed E-state index contributed by atoms with van der Waals surface area (Å²) < 4.78 is 12.9. The van der Waals surface area contributed by atoms with Gasteiger partial charge in [-0.3, -0.25) is 0 Å². The number of nitrogens with one attached hydrogen (secondary N) is 1. The number of rotatable bonds is 5. The van der Waals surface area contributed by atoms with Crippen LogP contribution in [-0.2, 0) is 0 Å². The molecular formula is C17H20FN. The third kappa shape index (κ3) is 3.90. The third-order valence-corrected chi connectivity index (χ3v) is 3.47. The van der Waals surface area contributed by atoms with Gasteiger partial charge >= 0.3 is 0 Å². The first-order valence-corrected chi connectivity index (χ1v) is 6.70. The molecule has 0 bridgehead atoms. The largest absolute Gasteiger partial charge is 0.310 e. The van der Waals surface area contributed by atoms with Crippen molar-refractivity contribution in [2.45, 2.75) is 25.8 Å². The summed E-state index contributed by atoms with van der Waals surface area (Å²) >= 11 is 0. The van der Waals surface area contributed by atoms with E-state index in [2.05, 4.69) is 43.4 Å². The quantitative estimate of drug-likeness (QED) is 0.843. The maximum Gasteiger partial charge on any atom is 0.123 e. The van der Waals surface area contributed by atoms with Crippen molar-refractivity contribution in [1.82, 2.24) is 5.32 Å². The van der Waals surface area contributed by atoms with Gasteiger partial charge in [-0.25, -0.2) is 4.39 Å². The van der Waals surface area contributed by atoms with Crippen LogP contribution in [0, 0.1) is 5.82 Å². The lowest BCUT2D eigenvalue weighted by Crippen LogP contribution is -2.23. The van der Waals surface area contributed by atoms with Crippen molar-refractivity contribution in [3.63, 3.8) is 0 Å². The molecule has 0 aliphatic rings. The molecule has 0 aliphatic heterocycles. The van der Waals surface area contributed by atoms with Gasteiger partial charge in [0.1, 0.15) is 5.82 Å². The number of hydrogen-bond acceptors (Lipinski definition) is 1. The first-order chi connectivity index (χ1) is 9.16. The Bertz CT molecular complexity index is 492. The molecule has 2 aromatic carbocycles. The lowest BCUT2D eigenvalue weighted by Gasteiger charge is -2.18. The van der Waals surface area contributed by atoms with Crippen LogP contribution in [0.1, 0.15) is 36.9 Å². The Hall–Kier alpha value is -1.67. The minimum Gasteiger partial charge on any atom is -0.310 e. The lowest BCUT2D eigenvalue weighted by molar-refractivity contribution is 0.535. The van der Waals surface area contributed by atoms with Crippen LogP contribution < -0.4 is 5.32 Å². The van der Waals surface area contributed by atoms with E-state index in [1.54, 1.807) is 0 Å². The molecule has 0 saturated carbocycles. The zero-order valence-electron chi connectivity index (χ0n) is 11.4. The maximum atomic E-state index is 12.9. The van der Waals surface area contributed by atoms with Crippen molar-refractivity contribution in [3.8, 4) is 0 Å². The summed E-state index contributed by atoms with van der Waals surface area (Å²) in [6.45, 7) is 5.22. The minimum atomic E-state index is -0.186. The van der Waals surface area contributed by atoms with Crippen LogP contribution in [-0.4, -0.2) is 6.54 Å². The Morgan fingerprint density at radius 2 is 1.53 bits per heavy atom. The number of halogens is 1. The van der Waals surface area contributed by atoms with Crippen LogP contribution >= 0.6 is 0 Å². The second-order valence-electron chi connectivity index (χ2n) is 4.99. The standard InChI is InChI=1S/C17H20FN/c1-13(15-6-4-3-5-7-15)12-19-14(2)16-8-10-17(18)11-9-16/h3-11,13-14,19H,12H2,1-2H3. The molecule has 0 radical (unpaired) electrons. The summed E-state index contributed by atoms with van der Waals surface area (Å²) in [5.41, 5.74) is 2.45. The third-order valence-electron chi connectivity index (χ3n) is 3.47. The molecular weight excluding hydrogens is 237 g/mol. The fraction of sp³-hybridized carbons (Fsp3) is 0.294. The van der Waals surface area contributed by atoms with Crippen LogP contribution in [0.2, 0.25) is 0 Å². The van der Waals surface area contributed by atoms with Crippen molar-refractivity contribution < 1.29 is 4.39 Å². The van der Waals surface area contributed by atoms with E-state index in [0.717, 1.165) is 12.1 Å². The van der Waals surface area contributed by atoms with E-state index in [1.807, 2.05) is 18.2 Å². The molecule has 2 aromatic rings. The van der Waals surface area contributed by atoms with E-state index < -0.39 is 0 Å². The zero-order chi connectivity index (χ0) is 13.7. The highest BCUT2D eigenvalue weighted by Gasteiger charge is 2.08. The molecule has 0 aromatic heterocycles. The number of hydrogen-bond donors (Lipinski definition) is 1. The van der Waals surface area contributed by atoms with Crippen LogP contribution in [0.3, 0.4) is 0 Å². The summed E-state index contributed by atoms with van der Waals surface area (Å²) in [5, 5.41) is 3.49. The summed E-state index contributed by atoms with van der Waals surface area (Å²) in [6, 6.07) is 17.4. The van der Waals surface area contributed by atoms with Crippen molar-refractivity contribution in [2.24, 2.45) is 0 Å². The summed E-state index contributed by atoms with van der Waals surface area (Å²) in [6.07, 6.45) is 0.